The number of nitrogens with one attached hydrogen (secondary N) is 2. The van der Waals surface area contributed by atoms with Crippen LogP contribution in [0.2, 0.25) is 0 Å². The van der Waals surface area contributed by atoms with Gasteiger partial charge in [-0.3, -0.25) is 9.69 Å². The van der Waals surface area contributed by atoms with Crippen molar-refractivity contribution in [3.05, 3.63) is 33.8 Å². The van der Waals surface area contributed by atoms with Crippen LogP contribution in [0.4, 0.5) is 4.79 Å². The number of carboxylic acid groups (broad SMARTS) is 1. The zero-order valence-corrected chi connectivity index (χ0v) is 15.6. The second-order valence-electron chi connectivity index (χ2n) is 6.19. The zero-order chi connectivity index (χ0) is 17.7. The zero-order valence-electron chi connectivity index (χ0n) is 14.0. The maximum absolute atomic E-state index is 12.0. The lowest BCUT2D eigenvalue weighted by Gasteiger charge is -2.42. The normalized spacial score (nSPS) is 19.7. The van der Waals surface area contributed by atoms with Gasteiger partial charge in [0.2, 0.25) is 0 Å². The van der Waals surface area contributed by atoms with Crippen LogP contribution in [0.1, 0.15) is 30.9 Å². The van der Waals surface area contributed by atoms with Gasteiger partial charge in [0.15, 0.2) is 0 Å². The van der Waals surface area contributed by atoms with Gasteiger partial charge in [-0.1, -0.05) is 35.0 Å². The number of rotatable bonds is 7. The van der Waals surface area contributed by atoms with Gasteiger partial charge in [-0.15, -0.1) is 0 Å². The molecule has 1 aliphatic carbocycles. The van der Waals surface area contributed by atoms with Crippen molar-refractivity contribution in [2.75, 3.05) is 13.1 Å². The summed E-state index contributed by atoms with van der Waals surface area (Å²) in [6.45, 7) is 5.22. The number of amides is 2. The number of carbonyl (C=O) groups excluding carboxylic acids is 1. The largest absolute Gasteiger partial charge is 0.480 e. The molecular weight excluding hydrogens is 374 g/mol. The summed E-state index contributed by atoms with van der Waals surface area (Å²) >= 11 is 3.46. The van der Waals surface area contributed by atoms with E-state index in [0.717, 1.165) is 28.4 Å². The highest BCUT2D eigenvalue weighted by Crippen LogP contribution is 2.25. The third kappa shape index (κ3) is 5.21. The fraction of sp³-hybridized carbons (Fsp3) is 0.529. The molecule has 7 heteroatoms. The highest BCUT2D eigenvalue weighted by molar-refractivity contribution is 9.10. The standard InChI is InChI=1S/C17H24BrN3O3/c1-3-21(10-16(22)23)14-7-13(8-14)20-17(24)19-9-12-4-5-15(18)11(2)6-12/h4-6,13-14H,3,7-10H2,1-2H3,(H,22,23)(H2,19,20,24). The second kappa shape index (κ2) is 8.48. The van der Waals surface area contributed by atoms with Crippen molar-refractivity contribution >= 4 is 27.9 Å². The predicted molar refractivity (Wildman–Crippen MR) is 95.9 cm³/mol. The fourth-order valence-electron chi connectivity index (χ4n) is 2.91. The number of halogens is 1. The average Bonchev–Trinajstić information content (AvgIpc) is 2.49. The first-order valence-electron chi connectivity index (χ1n) is 8.14. The van der Waals surface area contributed by atoms with Crippen molar-refractivity contribution in [2.45, 2.75) is 45.3 Å². The molecule has 0 aromatic heterocycles. The molecule has 0 spiro atoms. The molecule has 1 aromatic carbocycles. The Kier molecular flexibility index (Phi) is 6.62. The van der Waals surface area contributed by atoms with E-state index < -0.39 is 5.97 Å². The Morgan fingerprint density at radius 1 is 1.38 bits per heavy atom. The molecule has 1 aromatic rings. The Bertz CT molecular complexity index is 603. The van der Waals surface area contributed by atoms with Crippen LogP contribution in [0, 0.1) is 6.92 Å². The van der Waals surface area contributed by atoms with E-state index in [4.69, 9.17) is 5.11 Å². The van der Waals surface area contributed by atoms with Gasteiger partial charge in [0.1, 0.15) is 0 Å². The van der Waals surface area contributed by atoms with Crippen molar-refractivity contribution in [2.24, 2.45) is 0 Å². The molecule has 2 amide bonds. The van der Waals surface area contributed by atoms with Crippen LogP contribution in [0.25, 0.3) is 0 Å². The van der Waals surface area contributed by atoms with E-state index in [9.17, 15) is 9.59 Å². The minimum atomic E-state index is -0.809. The van der Waals surface area contributed by atoms with Crippen molar-refractivity contribution < 1.29 is 14.7 Å². The molecule has 1 saturated carbocycles. The van der Waals surface area contributed by atoms with E-state index in [1.54, 1.807) is 0 Å². The molecular formula is C17H24BrN3O3. The summed E-state index contributed by atoms with van der Waals surface area (Å²) in [6.07, 6.45) is 1.60. The summed E-state index contributed by atoms with van der Waals surface area (Å²) in [7, 11) is 0. The second-order valence-corrected chi connectivity index (χ2v) is 7.04. The molecule has 6 nitrogen and oxygen atoms in total. The van der Waals surface area contributed by atoms with Crippen LogP contribution in [0.5, 0.6) is 0 Å². The highest BCUT2D eigenvalue weighted by Gasteiger charge is 2.34. The number of aliphatic carboxylic acids is 1. The number of hydrogen-bond donors (Lipinski definition) is 3. The Hall–Kier alpha value is -1.60. The molecule has 132 valence electrons. The lowest BCUT2D eigenvalue weighted by atomic mass is 9.85. The first-order valence-corrected chi connectivity index (χ1v) is 8.93. The molecule has 3 N–H and O–H groups in total. The first kappa shape index (κ1) is 18.7. The maximum atomic E-state index is 12.0. The van der Waals surface area contributed by atoms with E-state index in [0.29, 0.717) is 13.1 Å². The van der Waals surface area contributed by atoms with Crippen LogP contribution in [-0.4, -0.2) is 47.2 Å². The Morgan fingerprint density at radius 2 is 2.08 bits per heavy atom. The minimum Gasteiger partial charge on any atom is -0.480 e. The summed E-state index contributed by atoms with van der Waals surface area (Å²) in [6, 6.07) is 6.16. The monoisotopic (exact) mass is 397 g/mol. The first-order chi connectivity index (χ1) is 11.4. The summed E-state index contributed by atoms with van der Waals surface area (Å²) in [5.74, 6) is -0.809. The minimum absolute atomic E-state index is 0.0585. The smallest absolute Gasteiger partial charge is 0.317 e. The SMILES string of the molecule is CCN(CC(=O)O)C1CC(NC(=O)NCc2ccc(Br)c(C)c2)C1. The van der Waals surface area contributed by atoms with Gasteiger partial charge in [0.05, 0.1) is 6.54 Å². The molecule has 24 heavy (non-hydrogen) atoms. The molecule has 1 aliphatic rings. The van der Waals surface area contributed by atoms with E-state index in [2.05, 4.69) is 26.6 Å². The quantitative estimate of drug-likeness (QED) is 0.659. The molecule has 0 radical (unpaired) electrons. The summed E-state index contributed by atoms with van der Waals surface area (Å²) in [5.41, 5.74) is 2.19. The van der Waals surface area contributed by atoms with Gasteiger partial charge in [-0.2, -0.15) is 0 Å². The summed E-state index contributed by atoms with van der Waals surface area (Å²) < 4.78 is 1.05. The molecule has 0 saturated heterocycles. The van der Waals surface area contributed by atoms with E-state index >= 15 is 0 Å². The number of aryl methyl sites for hydroxylation is 1. The van der Waals surface area contributed by atoms with Crippen molar-refractivity contribution in [3.63, 3.8) is 0 Å². The van der Waals surface area contributed by atoms with Gasteiger partial charge in [-0.25, -0.2) is 4.79 Å². The van der Waals surface area contributed by atoms with Crippen molar-refractivity contribution in [3.8, 4) is 0 Å². The Morgan fingerprint density at radius 3 is 2.67 bits per heavy atom. The lowest BCUT2D eigenvalue weighted by molar-refractivity contribution is -0.139. The molecule has 2 rings (SSSR count). The Labute approximate surface area is 150 Å². The number of benzene rings is 1. The molecule has 0 unspecified atom stereocenters. The summed E-state index contributed by atoms with van der Waals surface area (Å²) in [4.78, 5) is 24.7. The molecule has 0 atom stereocenters. The van der Waals surface area contributed by atoms with Gasteiger partial charge in [0.25, 0.3) is 0 Å². The topological polar surface area (TPSA) is 81.7 Å². The van der Waals surface area contributed by atoms with E-state index in [1.807, 2.05) is 36.9 Å². The summed E-state index contributed by atoms with van der Waals surface area (Å²) in [5, 5.41) is 14.7. The van der Waals surface area contributed by atoms with Crippen molar-refractivity contribution in [1.82, 2.24) is 15.5 Å². The molecule has 0 heterocycles. The average molecular weight is 398 g/mol. The van der Waals surface area contributed by atoms with Crippen LogP contribution >= 0.6 is 15.9 Å². The van der Waals surface area contributed by atoms with Gasteiger partial charge in [-0.05, 0) is 43.5 Å². The third-order valence-corrected chi connectivity index (χ3v) is 5.27. The van der Waals surface area contributed by atoms with Crippen LogP contribution < -0.4 is 10.6 Å². The molecule has 0 aliphatic heterocycles. The molecule has 0 bridgehead atoms. The third-order valence-electron chi connectivity index (χ3n) is 4.38. The number of hydrogen-bond acceptors (Lipinski definition) is 3. The molecule has 1 fully saturated rings. The van der Waals surface area contributed by atoms with Crippen LogP contribution in [0.3, 0.4) is 0 Å². The number of carbonyl (C=O) groups is 2. The van der Waals surface area contributed by atoms with Gasteiger partial charge in [0, 0.05) is 23.1 Å². The fourth-order valence-corrected chi connectivity index (χ4v) is 3.16. The number of likely N-dealkylation sites (N-methyl/N-ethyl adjacent to an activating group) is 1. The predicted octanol–water partition coefficient (Wildman–Crippen LogP) is 2.49. The van der Waals surface area contributed by atoms with Crippen LogP contribution in [0.15, 0.2) is 22.7 Å². The number of nitrogens with zero attached hydrogens (tertiary/aromatic N) is 1. The van der Waals surface area contributed by atoms with Crippen molar-refractivity contribution in [1.29, 1.82) is 0 Å². The number of carboxylic acids is 1. The Balaban J connectivity index is 1.70. The van der Waals surface area contributed by atoms with E-state index in [1.165, 1.54) is 0 Å². The van der Waals surface area contributed by atoms with E-state index in [-0.39, 0.29) is 24.7 Å². The van der Waals surface area contributed by atoms with Crippen LogP contribution in [-0.2, 0) is 11.3 Å². The van der Waals surface area contributed by atoms with Gasteiger partial charge < -0.3 is 15.7 Å². The highest BCUT2D eigenvalue weighted by atomic mass is 79.9. The maximum Gasteiger partial charge on any atom is 0.317 e. The number of urea groups is 1. The van der Waals surface area contributed by atoms with Gasteiger partial charge >= 0.3 is 12.0 Å². The lowest BCUT2D eigenvalue weighted by Crippen LogP contribution is -2.56.